The van der Waals surface area contributed by atoms with Gasteiger partial charge in [0, 0.05) is 44.1 Å². The molecule has 2 heterocycles. The number of ether oxygens (including phenoxy) is 2. The van der Waals surface area contributed by atoms with Crippen molar-refractivity contribution in [1.29, 1.82) is 0 Å². The number of amides is 3. The van der Waals surface area contributed by atoms with Crippen molar-refractivity contribution in [3.8, 4) is 11.5 Å². The molecule has 3 amide bonds. The number of hydrogen-bond donors (Lipinski definition) is 2. The van der Waals surface area contributed by atoms with Crippen LogP contribution in [-0.2, 0) is 11.3 Å². The molecule has 204 valence electrons. The van der Waals surface area contributed by atoms with E-state index in [2.05, 4.69) is 10.3 Å². The molecule has 4 rings (SSSR count). The molecular formula is C29H33N5O5. The Morgan fingerprint density at radius 1 is 1.03 bits per heavy atom. The fraction of sp³-hybridized carbons (Fsp3) is 0.310. The first-order valence-corrected chi connectivity index (χ1v) is 12.7. The van der Waals surface area contributed by atoms with E-state index in [4.69, 9.17) is 15.2 Å². The molecular weight excluding hydrogens is 498 g/mol. The first-order chi connectivity index (χ1) is 18.9. The summed E-state index contributed by atoms with van der Waals surface area (Å²) >= 11 is 0. The molecule has 10 nitrogen and oxygen atoms in total. The fourth-order valence-electron chi connectivity index (χ4n) is 4.71. The summed E-state index contributed by atoms with van der Waals surface area (Å²) in [5.74, 6) is 0.456. The van der Waals surface area contributed by atoms with Crippen molar-refractivity contribution in [3.05, 3.63) is 89.7 Å². The van der Waals surface area contributed by atoms with Gasteiger partial charge in [0.2, 0.25) is 5.91 Å². The Balaban J connectivity index is 1.68. The van der Waals surface area contributed by atoms with Crippen molar-refractivity contribution < 1.29 is 23.9 Å². The van der Waals surface area contributed by atoms with Gasteiger partial charge >= 0.3 is 0 Å². The summed E-state index contributed by atoms with van der Waals surface area (Å²) in [5.41, 5.74) is 7.30. The van der Waals surface area contributed by atoms with Gasteiger partial charge in [0.25, 0.3) is 11.8 Å². The van der Waals surface area contributed by atoms with E-state index in [0.29, 0.717) is 22.6 Å². The molecule has 0 spiro atoms. The first kappa shape index (κ1) is 27.6. The van der Waals surface area contributed by atoms with Gasteiger partial charge in [-0.25, -0.2) is 0 Å². The average molecular weight is 532 g/mol. The highest BCUT2D eigenvalue weighted by atomic mass is 16.5. The first-order valence-electron chi connectivity index (χ1n) is 12.7. The molecule has 1 aliphatic heterocycles. The molecule has 1 aromatic heterocycles. The second kappa shape index (κ2) is 12.9. The van der Waals surface area contributed by atoms with Crippen LogP contribution in [0.25, 0.3) is 0 Å². The van der Waals surface area contributed by atoms with Crippen molar-refractivity contribution in [1.82, 2.24) is 20.1 Å². The van der Waals surface area contributed by atoms with E-state index in [1.165, 1.54) is 11.1 Å². The second-order valence-electron chi connectivity index (χ2n) is 9.20. The number of benzene rings is 2. The lowest BCUT2D eigenvalue weighted by Gasteiger charge is -2.29. The number of carbonyl (C=O) groups excluding carboxylic acids is 3. The molecule has 3 aromatic rings. The van der Waals surface area contributed by atoms with E-state index in [1.807, 2.05) is 24.3 Å². The van der Waals surface area contributed by atoms with Gasteiger partial charge in [0.15, 0.2) is 0 Å². The fourth-order valence-corrected chi connectivity index (χ4v) is 4.71. The number of nitrogens with one attached hydrogen (secondary N) is 1. The van der Waals surface area contributed by atoms with Crippen LogP contribution in [0.15, 0.2) is 73.1 Å². The predicted octanol–water partition coefficient (Wildman–Crippen LogP) is 2.10. The van der Waals surface area contributed by atoms with Crippen LogP contribution in [0.1, 0.15) is 32.7 Å². The van der Waals surface area contributed by atoms with Crippen molar-refractivity contribution >= 4 is 17.7 Å². The number of hydrogen-bond acceptors (Lipinski definition) is 7. The highest BCUT2D eigenvalue weighted by molar-refractivity contribution is 5.98. The number of aromatic nitrogens is 1. The van der Waals surface area contributed by atoms with Crippen molar-refractivity contribution in [2.45, 2.75) is 25.0 Å². The van der Waals surface area contributed by atoms with Crippen LogP contribution in [0.4, 0.5) is 0 Å². The summed E-state index contributed by atoms with van der Waals surface area (Å²) in [6, 6.07) is 16.5. The monoisotopic (exact) mass is 531 g/mol. The van der Waals surface area contributed by atoms with Crippen molar-refractivity contribution in [2.24, 2.45) is 5.73 Å². The molecule has 0 bridgehead atoms. The Labute approximate surface area is 227 Å². The van der Waals surface area contributed by atoms with E-state index in [-0.39, 0.29) is 50.3 Å². The largest absolute Gasteiger partial charge is 0.497 e. The Hall–Kier alpha value is -4.44. The maximum atomic E-state index is 13.9. The molecule has 2 unspecified atom stereocenters. The number of likely N-dealkylation sites (tertiary alicyclic amines) is 1. The van der Waals surface area contributed by atoms with Crippen LogP contribution in [0, 0.1) is 0 Å². The summed E-state index contributed by atoms with van der Waals surface area (Å²) < 4.78 is 10.6. The maximum Gasteiger partial charge on any atom is 0.256 e. The lowest BCUT2D eigenvalue weighted by molar-refractivity contribution is -0.124. The molecule has 3 N–H and O–H groups in total. The van der Waals surface area contributed by atoms with Crippen LogP contribution in [0.2, 0.25) is 0 Å². The van der Waals surface area contributed by atoms with Gasteiger partial charge in [0.05, 0.1) is 25.8 Å². The van der Waals surface area contributed by atoms with Gasteiger partial charge in [-0.05, 0) is 60.5 Å². The molecule has 39 heavy (non-hydrogen) atoms. The van der Waals surface area contributed by atoms with Crippen LogP contribution >= 0.6 is 0 Å². The molecule has 0 radical (unpaired) electrons. The van der Waals surface area contributed by atoms with Crippen LogP contribution in [-0.4, -0.2) is 78.4 Å². The minimum atomic E-state index is -0.772. The van der Waals surface area contributed by atoms with Crippen LogP contribution in [0.5, 0.6) is 11.5 Å². The number of nitrogens with two attached hydrogens (primary N) is 1. The Kier molecular flexibility index (Phi) is 9.11. The summed E-state index contributed by atoms with van der Waals surface area (Å²) in [4.78, 5) is 47.9. The van der Waals surface area contributed by atoms with Gasteiger partial charge < -0.3 is 30.3 Å². The maximum absolute atomic E-state index is 13.9. The van der Waals surface area contributed by atoms with E-state index in [9.17, 15) is 14.4 Å². The van der Waals surface area contributed by atoms with Gasteiger partial charge in [-0.15, -0.1) is 0 Å². The lowest BCUT2D eigenvalue weighted by atomic mass is 10.1. The Morgan fingerprint density at radius 2 is 1.79 bits per heavy atom. The third kappa shape index (κ3) is 6.53. The van der Waals surface area contributed by atoms with Gasteiger partial charge in [-0.3, -0.25) is 19.4 Å². The van der Waals surface area contributed by atoms with E-state index < -0.39 is 12.1 Å². The number of methoxy groups -OCH3 is 2. The molecule has 2 aromatic carbocycles. The molecule has 0 saturated carbocycles. The summed E-state index contributed by atoms with van der Waals surface area (Å²) in [5, 5.41) is 2.80. The Bertz CT molecular complexity index is 1280. The van der Waals surface area contributed by atoms with Crippen molar-refractivity contribution in [3.63, 3.8) is 0 Å². The van der Waals surface area contributed by atoms with Crippen LogP contribution in [0.3, 0.4) is 0 Å². The second-order valence-corrected chi connectivity index (χ2v) is 9.20. The van der Waals surface area contributed by atoms with E-state index >= 15 is 0 Å². The van der Waals surface area contributed by atoms with Gasteiger partial charge in [-0.1, -0.05) is 12.1 Å². The summed E-state index contributed by atoms with van der Waals surface area (Å²) in [6.07, 6.45) is 3.33. The zero-order valence-electron chi connectivity index (χ0n) is 22.1. The Morgan fingerprint density at radius 3 is 2.46 bits per heavy atom. The predicted molar refractivity (Wildman–Crippen MR) is 145 cm³/mol. The smallest absolute Gasteiger partial charge is 0.256 e. The minimum Gasteiger partial charge on any atom is -0.497 e. The average Bonchev–Trinajstić information content (AvgIpc) is 3.44. The highest BCUT2D eigenvalue weighted by Crippen LogP contribution is 2.28. The van der Waals surface area contributed by atoms with Gasteiger partial charge in [-0.2, -0.15) is 0 Å². The normalized spacial score (nSPS) is 16.4. The number of pyridine rings is 1. The number of rotatable bonds is 10. The highest BCUT2D eigenvalue weighted by Gasteiger charge is 2.43. The third-order valence-corrected chi connectivity index (χ3v) is 6.72. The standard InChI is InChI=1S/C29H33N5O5/c1-38-24-10-8-21(9-11-24)28(36)33(18-20-5-3-7-25(15-20)39-2)23-16-26(27(35)32-14-12-30)34(19-23)29(37)22-6-4-13-31-17-22/h3-11,13,15,17,23,26H,12,14,16,18-19,30H2,1-2H3,(H,32,35). The molecule has 1 aliphatic rings. The van der Waals surface area contributed by atoms with Crippen molar-refractivity contribution in [2.75, 3.05) is 33.9 Å². The summed E-state index contributed by atoms with van der Waals surface area (Å²) in [7, 11) is 3.15. The number of carbonyl (C=O) groups is 3. The molecule has 2 atom stereocenters. The van der Waals surface area contributed by atoms with E-state index in [1.54, 1.807) is 61.7 Å². The topological polar surface area (TPSA) is 127 Å². The third-order valence-electron chi connectivity index (χ3n) is 6.72. The molecule has 1 fully saturated rings. The minimum absolute atomic E-state index is 0.181. The van der Waals surface area contributed by atoms with Crippen LogP contribution < -0.4 is 20.5 Å². The summed E-state index contributed by atoms with van der Waals surface area (Å²) in [6.45, 7) is 1.00. The molecule has 10 heteroatoms. The quantitative estimate of drug-likeness (QED) is 0.410. The molecule has 0 aliphatic carbocycles. The van der Waals surface area contributed by atoms with Gasteiger partial charge in [0.1, 0.15) is 17.5 Å². The number of nitrogens with zero attached hydrogens (tertiary/aromatic N) is 3. The van der Waals surface area contributed by atoms with E-state index in [0.717, 1.165) is 5.56 Å². The molecule has 1 saturated heterocycles. The zero-order chi connectivity index (χ0) is 27.8. The zero-order valence-corrected chi connectivity index (χ0v) is 22.1. The lowest BCUT2D eigenvalue weighted by Crippen LogP contribution is -2.47. The SMILES string of the molecule is COc1ccc(C(=O)N(Cc2cccc(OC)c2)C2CC(C(=O)NCCN)N(C(=O)c3cccnc3)C2)cc1.